The van der Waals surface area contributed by atoms with Crippen molar-refractivity contribution in [1.82, 2.24) is 15.1 Å². The van der Waals surface area contributed by atoms with E-state index in [2.05, 4.69) is 19.2 Å². The fraction of sp³-hybridized carbons (Fsp3) is 0.750. The van der Waals surface area contributed by atoms with Crippen molar-refractivity contribution in [3.05, 3.63) is 0 Å². The molecule has 0 radical (unpaired) electrons. The minimum Gasteiger partial charge on any atom is -0.352 e. The lowest BCUT2D eigenvalue weighted by Crippen LogP contribution is -2.48. The fourth-order valence-corrected chi connectivity index (χ4v) is 3.30. The van der Waals surface area contributed by atoms with Gasteiger partial charge in [0.2, 0.25) is 5.91 Å². The fourth-order valence-electron chi connectivity index (χ4n) is 3.30. The molecular weight excluding hydrogens is 298 g/mol. The first kappa shape index (κ1) is 17.4. The van der Waals surface area contributed by atoms with Crippen LogP contribution in [0.1, 0.15) is 47.0 Å². The highest BCUT2D eigenvalue weighted by molar-refractivity contribution is 6.45. The Morgan fingerprint density at radius 3 is 2.39 bits per heavy atom. The van der Waals surface area contributed by atoms with E-state index < -0.39 is 36.3 Å². The number of carbonyl (C=O) groups excluding carboxylic acids is 4. The van der Waals surface area contributed by atoms with E-state index in [1.165, 1.54) is 0 Å². The van der Waals surface area contributed by atoms with E-state index in [1.54, 1.807) is 13.8 Å². The molecule has 2 rings (SSSR count). The number of hydrogen-bond donors (Lipinski definition) is 1. The van der Waals surface area contributed by atoms with Gasteiger partial charge in [0.15, 0.2) is 0 Å². The Morgan fingerprint density at radius 2 is 1.83 bits per heavy atom. The van der Waals surface area contributed by atoms with E-state index >= 15 is 0 Å². The van der Waals surface area contributed by atoms with Crippen molar-refractivity contribution in [2.45, 2.75) is 59.0 Å². The average Bonchev–Trinajstić information content (AvgIpc) is 2.67. The van der Waals surface area contributed by atoms with E-state index in [1.807, 2.05) is 0 Å². The van der Waals surface area contributed by atoms with E-state index in [-0.39, 0.29) is 6.04 Å². The molecule has 128 valence electrons. The first-order valence-electron chi connectivity index (χ1n) is 8.22. The molecule has 1 saturated heterocycles. The molecule has 1 aliphatic carbocycles. The van der Waals surface area contributed by atoms with Crippen LogP contribution in [0.2, 0.25) is 0 Å². The molecule has 0 aromatic heterocycles. The number of nitrogens with one attached hydrogen (secondary N) is 1. The van der Waals surface area contributed by atoms with E-state index in [0.29, 0.717) is 11.8 Å². The van der Waals surface area contributed by atoms with Gasteiger partial charge < -0.3 is 5.32 Å². The average molecular weight is 323 g/mol. The predicted octanol–water partition coefficient (Wildman–Crippen LogP) is 1.13. The molecule has 1 aliphatic heterocycles. The van der Waals surface area contributed by atoms with Gasteiger partial charge >= 0.3 is 17.8 Å². The van der Waals surface area contributed by atoms with Gasteiger partial charge in [0.1, 0.15) is 6.54 Å². The highest BCUT2D eigenvalue weighted by Crippen LogP contribution is 2.29. The summed E-state index contributed by atoms with van der Waals surface area (Å²) in [5.74, 6) is -1.30. The van der Waals surface area contributed by atoms with Gasteiger partial charge in [-0.3, -0.25) is 19.3 Å². The van der Waals surface area contributed by atoms with E-state index in [9.17, 15) is 19.2 Å². The number of amides is 5. The van der Waals surface area contributed by atoms with Crippen LogP contribution in [0.3, 0.4) is 0 Å². The van der Waals surface area contributed by atoms with E-state index in [0.717, 1.165) is 29.1 Å². The van der Waals surface area contributed by atoms with Crippen LogP contribution in [-0.4, -0.2) is 52.2 Å². The van der Waals surface area contributed by atoms with Crippen molar-refractivity contribution in [2.75, 3.05) is 6.54 Å². The molecule has 0 aromatic carbocycles. The molecule has 3 atom stereocenters. The van der Waals surface area contributed by atoms with Crippen LogP contribution in [0.15, 0.2) is 0 Å². The Morgan fingerprint density at radius 1 is 1.17 bits per heavy atom. The van der Waals surface area contributed by atoms with Crippen molar-refractivity contribution < 1.29 is 19.2 Å². The number of urea groups is 1. The van der Waals surface area contributed by atoms with Gasteiger partial charge in [-0.2, -0.15) is 0 Å². The van der Waals surface area contributed by atoms with Crippen molar-refractivity contribution in [2.24, 2.45) is 11.8 Å². The van der Waals surface area contributed by atoms with Crippen LogP contribution >= 0.6 is 0 Å². The molecule has 2 fully saturated rings. The summed E-state index contributed by atoms with van der Waals surface area (Å²) in [5, 5.41) is 2.91. The first-order chi connectivity index (χ1) is 10.7. The lowest BCUT2D eigenvalue weighted by atomic mass is 9.78. The van der Waals surface area contributed by atoms with Gasteiger partial charge in [-0.1, -0.05) is 26.7 Å². The summed E-state index contributed by atoms with van der Waals surface area (Å²) in [4.78, 5) is 49.7. The van der Waals surface area contributed by atoms with Crippen molar-refractivity contribution in [3.8, 4) is 0 Å². The minimum absolute atomic E-state index is 0.0518. The van der Waals surface area contributed by atoms with Crippen LogP contribution < -0.4 is 5.32 Å². The Balaban J connectivity index is 1.99. The van der Waals surface area contributed by atoms with Crippen molar-refractivity contribution >= 4 is 23.8 Å². The molecule has 23 heavy (non-hydrogen) atoms. The van der Waals surface area contributed by atoms with Crippen molar-refractivity contribution in [3.63, 3.8) is 0 Å². The molecule has 2 aliphatic rings. The normalized spacial score (nSPS) is 28.7. The summed E-state index contributed by atoms with van der Waals surface area (Å²) in [6.07, 6.45) is 3.10. The Hall–Kier alpha value is -1.92. The molecule has 5 amide bonds. The van der Waals surface area contributed by atoms with Gasteiger partial charge in [0, 0.05) is 12.1 Å². The zero-order valence-electron chi connectivity index (χ0n) is 14.2. The lowest BCUT2D eigenvalue weighted by Gasteiger charge is -2.34. The molecule has 1 N–H and O–H groups in total. The summed E-state index contributed by atoms with van der Waals surface area (Å²) >= 11 is 0. The second kappa shape index (κ2) is 6.68. The number of hydrogen-bond acceptors (Lipinski definition) is 4. The van der Waals surface area contributed by atoms with Crippen LogP contribution in [-0.2, 0) is 14.4 Å². The largest absolute Gasteiger partial charge is 0.352 e. The van der Waals surface area contributed by atoms with Gasteiger partial charge in [0.05, 0.1) is 0 Å². The van der Waals surface area contributed by atoms with E-state index in [4.69, 9.17) is 0 Å². The monoisotopic (exact) mass is 323 g/mol. The zero-order chi connectivity index (χ0) is 17.3. The molecule has 0 aromatic rings. The Bertz CT molecular complexity index is 531. The third-order valence-corrected chi connectivity index (χ3v) is 4.96. The summed E-state index contributed by atoms with van der Waals surface area (Å²) in [6.45, 7) is 7.17. The molecule has 0 unspecified atom stereocenters. The molecule has 1 saturated carbocycles. The second-order valence-corrected chi connectivity index (χ2v) is 6.88. The minimum atomic E-state index is -0.927. The number of rotatable bonds is 4. The second-order valence-electron chi connectivity index (χ2n) is 6.88. The van der Waals surface area contributed by atoms with Crippen molar-refractivity contribution in [1.29, 1.82) is 0 Å². The third-order valence-electron chi connectivity index (χ3n) is 4.96. The molecular formula is C16H25N3O4. The van der Waals surface area contributed by atoms with Gasteiger partial charge in [-0.15, -0.1) is 0 Å². The lowest BCUT2D eigenvalue weighted by molar-refractivity contribution is -0.144. The molecule has 0 bridgehead atoms. The zero-order valence-corrected chi connectivity index (χ0v) is 14.2. The maximum absolute atomic E-state index is 12.2. The number of nitrogens with zero attached hydrogens (tertiary/aromatic N) is 2. The quantitative estimate of drug-likeness (QED) is 0.620. The van der Waals surface area contributed by atoms with Crippen LogP contribution in [0.25, 0.3) is 0 Å². The molecule has 1 heterocycles. The standard InChI is InChI=1S/C16H25N3O4/c1-9(2)19-15(22)14(21)18(16(19)23)8-13(20)17-12-7-5-6-10(3)11(12)4/h9-12H,5-8H2,1-4H3,(H,17,20)/t10-,11+,12+/m1/s1. The summed E-state index contributed by atoms with van der Waals surface area (Å²) in [7, 11) is 0. The predicted molar refractivity (Wildman–Crippen MR) is 83.2 cm³/mol. The highest BCUT2D eigenvalue weighted by atomic mass is 16.2. The summed E-state index contributed by atoms with van der Waals surface area (Å²) in [5.41, 5.74) is 0. The molecule has 7 nitrogen and oxygen atoms in total. The van der Waals surface area contributed by atoms with Crippen LogP contribution in [0.5, 0.6) is 0 Å². The maximum atomic E-state index is 12.2. The van der Waals surface area contributed by atoms with Crippen LogP contribution in [0, 0.1) is 11.8 Å². The Kier molecular flexibility index (Phi) is 5.06. The maximum Gasteiger partial charge on any atom is 0.334 e. The molecule has 7 heteroatoms. The SMILES string of the molecule is CC(C)N1C(=O)C(=O)N(CC(=O)N[C@H]2CCC[C@@H](C)[C@@H]2C)C1=O. The molecule has 0 spiro atoms. The third kappa shape index (κ3) is 3.38. The Labute approximate surface area is 136 Å². The summed E-state index contributed by atoms with van der Waals surface area (Å²) < 4.78 is 0. The van der Waals surface area contributed by atoms with Gasteiger partial charge in [-0.05, 0) is 32.1 Å². The number of carbonyl (C=O) groups is 4. The number of imide groups is 2. The van der Waals surface area contributed by atoms with Crippen LogP contribution in [0.4, 0.5) is 4.79 Å². The van der Waals surface area contributed by atoms with Gasteiger partial charge in [0.25, 0.3) is 0 Å². The van der Waals surface area contributed by atoms with Gasteiger partial charge in [-0.25, -0.2) is 9.69 Å². The first-order valence-corrected chi connectivity index (χ1v) is 8.22. The smallest absolute Gasteiger partial charge is 0.334 e. The highest BCUT2D eigenvalue weighted by Gasteiger charge is 2.46. The summed E-state index contributed by atoms with van der Waals surface area (Å²) in [6, 6.07) is -1.07. The topological polar surface area (TPSA) is 86.8 Å².